The summed E-state index contributed by atoms with van der Waals surface area (Å²) in [5.74, 6) is -0.760. The Morgan fingerprint density at radius 1 is 1.38 bits per heavy atom. The van der Waals surface area contributed by atoms with Crippen LogP contribution in [-0.4, -0.2) is 11.3 Å². The van der Waals surface area contributed by atoms with Crippen LogP contribution in [0.1, 0.15) is 0 Å². The molecule has 1 aromatic carbocycles. The molecule has 10 heteroatoms. The summed E-state index contributed by atoms with van der Waals surface area (Å²) in [4.78, 5) is 9.87. The van der Waals surface area contributed by atoms with Gasteiger partial charge in [-0.2, -0.15) is 10.5 Å². The number of alkyl halides is 3. The first-order chi connectivity index (χ1) is 9.76. The predicted octanol–water partition coefficient (Wildman–Crippen LogP) is 2.84. The minimum atomic E-state index is -4.97. The highest BCUT2D eigenvalue weighted by molar-refractivity contribution is 5.65. The monoisotopic (exact) mass is 298 g/mol. The van der Waals surface area contributed by atoms with Crippen molar-refractivity contribution < 1.29 is 22.8 Å². The molecule has 0 amide bonds. The standard InChI is InChI=1S/C11H5F3N4O3/c12-11(13,14)21-8-1-2-9(10(3-8)18(19)20)17-6-7(4-15)5-16/h1-3,6,17H. The Labute approximate surface area is 115 Å². The third-order valence-corrected chi connectivity index (χ3v) is 2.01. The molecule has 0 fully saturated rings. The summed E-state index contributed by atoms with van der Waals surface area (Å²) in [5, 5.41) is 30.1. The van der Waals surface area contributed by atoms with E-state index in [4.69, 9.17) is 10.5 Å². The molecule has 108 valence electrons. The van der Waals surface area contributed by atoms with E-state index in [1.807, 2.05) is 0 Å². The number of nitro groups is 1. The summed E-state index contributed by atoms with van der Waals surface area (Å²) in [6.07, 6.45) is -4.08. The molecule has 0 bridgehead atoms. The zero-order chi connectivity index (χ0) is 16.0. The number of allylic oxidation sites excluding steroid dienone is 1. The van der Waals surface area contributed by atoms with E-state index in [0.29, 0.717) is 6.07 Å². The molecule has 0 radical (unpaired) electrons. The van der Waals surface area contributed by atoms with Gasteiger partial charge in [0.2, 0.25) is 0 Å². The molecule has 0 aliphatic heterocycles. The van der Waals surface area contributed by atoms with Gasteiger partial charge in [-0.25, -0.2) is 0 Å². The van der Waals surface area contributed by atoms with Crippen molar-refractivity contribution in [3.63, 3.8) is 0 Å². The minimum absolute atomic E-state index is 0.197. The average molecular weight is 298 g/mol. The van der Waals surface area contributed by atoms with Crippen molar-refractivity contribution in [1.29, 1.82) is 10.5 Å². The number of nitrogens with one attached hydrogen (secondary N) is 1. The molecule has 1 rings (SSSR count). The van der Waals surface area contributed by atoms with Gasteiger partial charge in [0.25, 0.3) is 5.69 Å². The first-order valence-electron chi connectivity index (χ1n) is 5.08. The smallest absolute Gasteiger partial charge is 0.406 e. The van der Waals surface area contributed by atoms with Gasteiger partial charge in [-0.15, -0.1) is 13.2 Å². The summed E-state index contributed by atoms with van der Waals surface area (Å²) >= 11 is 0. The fourth-order valence-electron chi connectivity index (χ4n) is 1.22. The molecule has 0 saturated heterocycles. The lowest BCUT2D eigenvalue weighted by atomic mass is 10.2. The van der Waals surface area contributed by atoms with E-state index in [0.717, 1.165) is 18.3 Å². The van der Waals surface area contributed by atoms with Crippen LogP contribution in [-0.2, 0) is 0 Å². The zero-order valence-corrected chi connectivity index (χ0v) is 10.0. The summed E-state index contributed by atoms with van der Waals surface area (Å²) in [5.41, 5.74) is -1.26. The van der Waals surface area contributed by atoms with Crippen molar-refractivity contribution in [1.82, 2.24) is 0 Å². The maximum absolute atomic E-state index is 12.0. The molecular formula is C11H5F3N4O3. The molecule has 0 saturated carbocycles. The van der Waals surface area contributed by atoms with E-state index in [1.165, 1.54) is 12.1 Å². The molecule has 21 heavy (non-hydrogen) atoms. The van der Waals surface area contributed by atoms with E-state index in [1.54, 1.807) is 0 Å². The maximum Gasteiger partial charge on any atom is 0.573 e. The Bertz CT molecular complexity index is 655. The molecule has 1 N–H and O–H groups in total. The van der Waals surface area contributed by atoms with Crippen molar-refractivity contribution in [3.05, 3.63) is 40.1 Å². The number of hydrogen-bond donors (Lipinski definition) is 1. The van der Waals surface area contributed by atoms with Crippen LogP contribution in [0.15, 0.2) is 30.0 Å². The van der Waals surface area contributed by atoms with Crippen LogP contribution in [0.2, 0.25) is 0 Å². The Morgan fingerprint density at radius 3 is 2.48 bits per heavy atom. The van der Waals surface area contributed by atoms with Crippen LogP contribution in [0.5, 0.6) is 5.75 Å². The number of anilines is 1. The van der Waals surface area contributed by atoms with Crippen LogP contribution in [0, 0.1) is 32.8 Å². The van der Waals surface area contributed by atoms with Gasteiger partial charge in [0, 0.05) is 6.20 Å². The molecule has 0 unspecified atom stereocenters. The van der Waals surface area contributed by atoms with Gasteiger partial charge in [0.15, 0.2) is 0 Å². The quantitative estimate of drug-likeness (QED) is 0.519. The van der Waals surface area contributed by atoms with Crippen LogP contribution in [0.25, 0.3) is 0 Å². The number of hydrogen-bond acceptors (Lipinski definition) is 6. The van der Waals surface area contributed by atoms with Crippen molar-refractivity contribution >= 4 is 11.4 Å². The normalized spacial score (nSPS) is 9.95. The van der Waals surface area contributed by atoms with Crippen LogP contribution in [0.3, 0.4) is 0 Å². The minimum Gasteiger partial charge on any atom is -0.406 e. The zero-order valence-electron chi connectivity index (χ0n) is 10.0. The highest BCUT2D eigenvalue weighted by Gasteiger charge is 2.32. The molecule has 0 aliphatic carbocycles. The van der Waals surface area contributed by atoms with Crippen LogP contribution < -0.4 is 10.1 Å². The fraction of sp³-hybridized carbons (Fsp3) is 0.0909. The van der Waals surface area contributed by atoms with E-state index >= 15 is 0 Å². The third kappa shape index (κ3) is 4.72. The van der Waals surface area contributed by atoms with Crippen molar-refractivity contribution in [3.8, 4) is 17.9 Å². The fourth-order valence-corrected chi connectivity index (χ4v) is 1.22. The number of nitrogens with zero attached hydrogens (tertiary/aromatic N) is 3. The van der Waals surface area contributed by atoms with E-state index in [2.05, 4.69) is 10.1 Å². The number of nitro benzene ring substituents is 1. The molecule has 0 spiro atoms. The molecule has 0 heterocycles. The summed E-state index contributed by atoms with van der Waals surface area (Å²) in [6.45, 7) is 0. The van der Waals surface area contributed by atoms with Gasteiger partial charge in [-0.05, 0) is 12.1 Å². The van der Waals surface area contributed by atoms with Crippen LogP contribution in [0.4, 0.5) is 24.5 Å². The van der Waals surface area contributed by atoms with E-state index in [9.17, 15) is 23.3 Å². The van der Waals surface area contributed by atoms with Gasteiger partial charge in [0.1, 0.15) is 29.1 Å². The van der Waals surface area contributed by atoms with Crippen LogP contribution >= 0.6 is 0 Å². The highest BCUT2D eigenvalue weighted by Crippen LogP contribution is 2.32. The first kappa shape index (κ1) is 15.8. The summed E-state index contributed by atoms with van der Waals surface area (Å²) in [7, 11) is 0. The van der Waals surface area contributed by atoms with Gasteiger partial charge >= 0.3 is 6.36 Å². The lowest BCUT2D eigenvalue weighted by molar-refractivity contribution is -0.384. The van der Waals surface area contributed by atoms with Gasteiger partial charge in [-0.1, -0.05) is 0 Å². The van der Waals surface area contributed by atoms with Crippen molar-refractivity contribution in [2.45, 2.75) is 6.36 Å². The number of ether oxygens (including phenoxy) is 1. The number of nitriles is 2. The Balaban J connectivity index is 3.12. The van der Waals surface area contributed by atoms with E-state index < -0.39 is 22.7 Å². The predicted molar refractivity (Wildman–Crippen MR) is 62.7 cm³/mol. The summed E-state index contributed by atoms with van der Waals surface area (Å²) < 4.78 is 39.7. The molecule has 7 nitrogen and oxygen atoms in total. The SMILES string of the molecule is N#CC(C#N)=CNc1ccc(OC(F)(F)F)cc1[N+](=O)[O-]. The highest BCUT2D eigenvalue weighted by atomic mass is 19.4. The molecule has 0 atom stereocenters. The first-order valence-corrected chi connectivity index (χ1v) is 5.08. The Kier molecular flexibility index (Phi) is 4.70. The van der Waals surface area contributed by atoms with E-state index in [-0.39, 0.29) is 11.3 Å². The topological polar surface area (TPSA) is 112 Å². The second-order valence-corrected chi connectivity index (χ2v) is 3.41. The molecule has 0 aliphatic rings. The largest absolute Gasteiger partial charge is 0.573 e. The van der Waals surface area contributed by atoms with Crippen molar-refractivity contribution in [2.24, 2.45) is 0 Å². The molecule has 1 aromatic rings. The Hall–Kier alpha value is -3.27. The van der Waals surface area contributed by atoms with Crippen molar-refractivity contribution in [2.75, 3.05) is 5.32 Å². The molecule has 0 aromatic heterocycles. The van der Waals surface area contributed by atoms with Gasteiger partial charge in [0.05, 0.1) is 11.0 Å². The average Bonchev–Trinajstić information content (AvgIpc) is 2.39. The van der Waals surface area contributed by atoms with Gasteiger partial charge in [-0.3, -0.25) is 10.1 Å². The van der Waals surface area contributed by atoms with Gasteiger partial charge < -0.3 is 10.1 Å². The maximum atomic E-state index is 12.0. The second-order valence-electron chi connectivity index (χ2n) is 3.41. The summed E-state index contributed by atoms with van der Waals surface area (Å²) in [6, 6.07) is 5.40. The lowest BCUT2D eigenvalue weighted by Gasteiger charge is -2.09. The Morgan fingerprint density at radius 2 is 2.00 bits per heavy atom. The molecular weight excluding hydrogens is 293 g/mol. The third-order valence-electron chi connectivity index (χ3n) is 2.01. The second kappa shape index (κ2) is 6.25. The lowest BCUT2D eigenvalue weighted by Crippen LogP contribution is -2.17. The number of benzene rings is 1. The number of halogens is 3. The number of rotatable bonds is 4.